The van der Waals surface area contributed by atoms with Crippen molar-refractivity contribution in [2.45, 2.75) is 52.1 Å². The zero-order valence-electron chi connectivity index (χ0n) is 11.8. The molecule has 0 aromatic heterocycles. The fourth-order valence-electron chi connectivity index (χ4n) is 3.47. The van der Waals surface area contributed by atoms with Crippen molar-refractivity contribution in [3.8, 4) is 0 Å². The zero-order chi connectivity index (χ0) is 12.7. The Labute approximate surface area is 110 Å². The third-order valence-electron chi connectivity index (χ3n) is 4.68. The molecule has 1 fully saturated rings. The SMILES string of the molecule is Cc1ccc2c(c1C)NC(C)CC2N1CCCC1. The van der Waals surface area contributed by atoms with Crippen LogP contribution in [0.2, 0.25) is 0 Å². The highest BCUT2D eigenvalue weighted by atomic mass is 15.2. The molecule has 0 bridgehead atoms. The van der Waals surface area contributed by atoms with E-state index in [0.717, 1.165) is 0 Å². The van der Waals surface area contributed by atoms with Gasteiger partial charge in [-0.3, -0.25) is 4.90 Å². The monoisotopic (exact) mass is 244 g/mol. The van der Waals surface area contributed by atoms with Crippen molar-refractivity contribution < 1.29 is 0 Å². The molecule has 2 nitrogen and oxygen atoms in total. The van der Waals surface area contributed by atoms with Crippen LogP contribution in [0.5, 0.6) is 0 Å². The van der Waals surface area contributed by atoms with Crippen LogP contribution in [0.4, 0.5) is 5.69 Å². The van der Waals surface area contributed by atoms with Gasteiger partial charge in [0.2, 0.25) is 0 Å². The maximum atomic E-state index is 3.70. The van der Waals surface area contributed by atoms with Gasteiger partial charge < -0.3 is 5.32 Å². The molecule has 1 aromatic carbocycles. The maximum Gasteiger partial charge on any atom is 0.0423 e. The van der Waals surface area contributed by atoms with Crippen molar-refractivity contribution >= 4 is 5.69 Å². The number of benzene rings is 1. The van der Waals surface area contributed by atoms with Gasteiger partial charge in [0.25, 0.3) is 0 Å². The molecular formula is C16H24N2. The first-order valence-corrected chi connectivity index (χ1v) is 7.27. The summed E-state index contributed by atoms with van der Waals surface area (Å²) in [6.07, 6.45) is 3.99. The van der Waals surface area contributed by atoms with Crippen molar-refractivity contribution in [3.63, 3.8) is 0 Å². The molecule has 2 heteroatoms. The lowest BCUT2D eigenvalue weighted by Crippen LogP contribution is -2.35. The fourth-order valence-corrected chi connectivity index (χ4v) is 3.47. The van der Waals surface area contributed by atoms with E-state index in [-0.39, 0.29) is 0 Å². The highest BCUT2D eigenvalue weighted by Crippen LogP contribution is 2.40. The van der Waals surface area contributed by atoms with Gasteiger partial charge in [-0.25, -0.2) is 0 Å². The Bertz CT molecular complexity index is 447. The summed E-state index contributed by atoms with van der Waals surface area (Å²) in [6, 6.07) is 5.86. The highest BCUT2D eigenvalue weighted by molar-refractivity contribution is 5.63. The van der Waals surface area contributed by atoms with Gasteiger partial charge in [-0.15, -0.1) is 0 Å². The predicted octanol–water partition coefficient (Wildman–Crippen LogP) is 3.64. The Morgan fingerprint density at radius 3 is 2.61 bits per heavy atom. The lowest BCUT2D eigenvalue weighted by molar-refractivity contribution is 0.223. The summed E-state index contributed by atoms with van der Waals surface area (Å²) in [7, 11) is 0. The topological polar surface area (TPSA) is 15.3 Å². The third-order valence-corrected chi connectivity index (χ3v) is 4.68. The first kappa shape index (κ1) is 12.0. The molecule has 2 unspecified atom stereocenters. The highest BCUT2D eigenvalue weighted by Gasteiger charge is 2.31. The lowest BCUT2D eigenvalue weighted by Gasteiger charge is -2.38. The summed E-state index contributed by atoms with van der Waals surface area (Å²) in [4.78, 5) is 2.69. The smallest absolute Gasteiger partial charge is 0.0423 e. The molecule has 1 N–H and O–H groups in total. The molecule has 1 aromatic rings. The van der Waals surface area contributed by atoms with E-state index in [9.17, 15) is 0 Å². The van der Waals surface area contributed by atoms with Crippen LogP contribution in [0.1, 0.15) is 48.9 Å². The van der Waals surface area contributed by atoms with Crippen LogP contribution in [0, 0.1) is 13.8 Å². The fraction of sp³-hybridized carbons (Fsp3) is 0.625. The van der Waals surface area contributed by atoms with Crippen LogP contribution >= 0.6 is 0 Å². The minimum Gasteiger partial charge on any atom is -0.382 e. The Balaban J connectivity index is 2.01. The van der Waals surface area contributed by atoms with Crippen molar-refractivity contribution in [1.82, 2.24) is 4.90 Å². The lowest BCUT2D eigenvalue weighted by atomic mass is 9.89. The van der Waals surface area contributed by atoms with Gasteiger partial charge in [-0.2, -0.15) is 0 Å². The van der Waals surface area contributed by atoms with Gasteiger partial charge in [-0.1, -0.05) is 12.1 Å². The van der Waals surface area contributed by atoms with E-state index < -0.39 is 0 Å². The molecule has 2 heterocycles. The van der Waals surface area contributed by atoms with Crippen LogP contribution in [-0.4, -0.2) is 24.0 Å². The zero-order valence-corrected chi connectivity index (χ0v) is 11.8. The number of nitrogens with zero attached hydrogens (tertiary/aromatic N) is 1. The molecule has 0 spiro atoms. The Hall–Kier alpha value is -1.02. The first-order valence-electron chi connectivity index (χ1n) is 7.27. The van der Waals surface area contributed by atoms with Gasteiger partial charge in [0.15, 0.2) is 0 Å². The minimum absolute atomic E-state index is 0.587. The molecule has 1 saturated heterocycles. The number of anilines is 1. The number of hydrogen-bond donors (Lipinski definition) is 1. The van der Waals surface area contributed by atoms with Crippen molar-refractivity contribution in [2.24, 2.45) is 0 Å². The second-order valence-corrected chi connectivity index (χ2v) is 6.01. The number of hydrogen-bond acceptors (Lipinski definition) is 2. The Morgan fingerprint density at radius 2 is 1.89 bits per heavy atom. The maximum absolute atomic E-state index is 3.70. The second-order valence-electron chi connectivity index (χ2n) is 6.01. The average molecular weight is 244 g/mol. The largest absolute Gasteiger partial charge is 0.382 e. The molecule has 0 radical (unpaired) electrons. The van der Waals surface area contributed by atoms with Crippen LogP contribution in [0.25, 0.3) is 0 Å². The number of likely N-dealkylation sites (tertiary alicyclic amines) is 1. The number of nitrogens with one attached hydrogen (secondary N) is 1. The summed E-state index contributed by atoms with van der Waals surface area (Å²) < 4.78 is 0. The van der Waals surface area contributed by atoms with Crippen LogP contribution in [0.15, 0.2) is 12.1 Å². The Kier molecular flexibility index (Phi) is 3.06. The third kappa shape index (κ3) is 1.93. The summed E-state index contributed by atoms with van der Waals surface area (Å²) in [5.74, 6) is 0. The van der Waals surface area contributed by atoms with Crippen LogP contribution < -0.4 is 5.32 Å². The molecule has 18 heavy (non-hydrogen) atoms. The van der Waals surface area contributed by atoms with E-state index in [1.165, 1.54) is 54.7 Å². The molecular weight excluding hydrogens is 220 g/mol. The summed E-state index contributed by atoms with van der Waals surface area (Å²) >= 11 is 0. The molecule has 2 atom stereocenters. The molecule has 0 aliphatic carbocycles. The molecule has 98 valence electrons. The van der Waals surface area contributed by atoms with Gasteiger partial charge in [-0.05, 0) is 69.8 Å². The number of rotatable bonds is 1. The summed E-state index contributed by atoms with van der Waals surface area (Å²) in [5, 5.41) is 3.70. The van der Waals surface area contributed by atoms with E-state index in [1.54, 1.807) is 0 Å². The molecule has 0 saturated carbocycles. The van der Waals surface area contributed by atoms with Gasteiger partial charge >= 0.3 is 0 Å². The molecule has 0 amide bonds. The standard InChI is InChI=1S/C16H24N2/c1-11-6-7-14-15(18-8-4-5-9-18)10-12(2)17-16(14)13(11)3/h6-7,12,15,17H,4-5,8-10H2,1-3H3. The van der Waals surface area contributed by atoms with Crippen LogP contribution in [-0.2, 0) is 0 Å². The molecule has 3 rings (SSSR count). The normalized spacial score (nSPS) is 27.9. The van der Waals surface area contributed by atoms with E-state index >= 15 is 0 Å². The van der Waals surface area contributed by atoms with E-state index in [1.807, 2.05) is 0 Å². The minimum atomic E-state index is 0.587. The van der Waals surface area contributed by atoms with E-state index in [4.69, 9.17) is 0 Å². The predicted molar refractivity (Wildman–Crippen MR) is 77.2 cm³/mol. The second kappa shape index (κ2) is 4.58. The number of fused-ring (bicyclic) bond motifs is 1. The Morgan fingerprint density at radius 1 is 1.17 bits per heavy atom. The van der Waals surface area contributed by atoms with E-state index in [2.05, 4.69) is 43.1 Å². The molecule has 2 aliphatic heterocycles. The summed E-state index contributed by atoms with van der Waals surface area (Å²) in [5.41, 5.74) is 5.77. The summed E-state index contributed by atoms with van der Waals surface area (Å²) in [6.45, 7) is 9.34. The van der Waals surface area contributed by atoms with Crippen molar-refractivity contribution in [2.75, 3.05) is 18.4 Å². The van der Waals surface area contributed by atoms with Gasteiger partial charge in [0.05, 0.1) is 0 Å². The van der Waals surface area contributed by atoms with E-state index in [0.29, 0.717) is 12.1 Å². The quantitative estimate of drug-likeness (QED) is 0.811. The van der Waals surface area contributed by atoms with Crippen molar-refractivity contribution in [1.29, 1.82) is 0 Å². The van der Waals surface area contributed by atoms with Gasteiger partial charge in [0, 0.05) is 17.8 Å². The van der Waals surface area contributed by atoms with Crippen LogP contribution in [0.3, 0.4) is 0 Å². The molecule has 2 aliphatic rings. The first-order chi connectivity index (χ1) is 8.66. The van der Waals surface area contributed by atoms with Crippen molar-refractivity contribution in [3.05, 3.63) is 28.8 Å². The van der Waals surface area contributed by atoms with Gasteiger partial charge in [0.1, 0.15) is 0 Å². The average Bonchev–Trinajstić information content (AvgIpc) is 2.87. The number of aryl methyl sites for hydroxylation is 1.